The summed E-state index contributed by atoms with van der Waals surface area (Å²) in [5.41, 5.74) is 8.15. The number of hydrogen-bond acceptors (Lipinski definition) is 7. The van der Waals surface area contributed by atoms with E-state index in [-0.39, 0.29) is 12.2 Å². The first-order valence-corrected chi connectivity index (χ1v) is 13.2. The first-order valence-electron chi connectivity index (χ1n) is 9.94. The third-order valence-corrected chi connectivity index (χ3v) is 7.10. The number of aromatic nitrogens is 3. The molecular formula is C22H21ClN4O4S2. The number of carbonyl (C=O) groups excluding carboxylic acids is 1. The Kier molecular flexibility index (Phi) is 6.42. The van der Waals surface area contributed by atoms with Crippen LogP contribution in [0.3, 0.4) is 0 Å². The van der Waals surface area contributed by atoms with Gasteiger partial charge in [-0.15, -0.1) is 11.3 Å². The summed E-state index contributed by atoms with van der Waals surface area (Å²) in [5, 5.41) is 1.13. The second-order valence-electron chi connectivity index (χ2n) is 7.65. The van der Waals surface area contributed by atoms with Crippen molar-refractivity contribution in [3.8, 4) is 16.6 Å². The highest BCUT2D eigenvalue weighted by Crippen LogP contribution is 2.36. The number of primary amides is 1. The smallest absolute Gasteiger partial charge is 0.229 e. The minimum atomic E-state index is -3.19. The van der Waals surface area contributed by atoms with Gasteiger partial charge in [0.05, 0.1) is 23.2 Å². The van der Waals surface area contributed by atoms with Crippen LogP contribution in [0, 0.1) is 0 Å². The van der Waals surface area contributed by atoms with E-state index in [4.69, 9.17) is 22.1 Å². The van der Waals surface area contributed by atoms with Gasteiger partial charge < -0.3 is 10.5 Å². The van der Waals surface area contributed by atoms with E-state index in [1.54, 1.807) is 35.0 Å². The van der Waals surface area contributed by atoms with Gasteiger partial charge in [0.1, 0.15) is 22.5 Å². The van der Waals surface area contributed by atoms with Crippen molar-refractivity contribution in [3.63, 3.8) is 0 Å². The maximum atomic E-state index is 11.7. The number of amides is 1. The predicted octanol–water partition coefficient (Wildman–Crippen LogP) is 3.82. The molecule has 0 spiro atoms. The Balaban J connectivity index is 1.73. The zero-order valence-corrected chi connectivity index (χ0v) is 20.2. The fraction of sp³-hybridized carbons (Fsp3) is 0.227. The zero-order valence-electron chi connectivity index (χ0n) is 17.9. The standard InChI is InChI=1S/C22H21ClN4O4S2/c1-13(15-5-3-4-6-16(15)23)31-21-18(9-19(24)28)32-22(26-21)17-10-25-20-8-7-14(11-27(17)20)12-33(2,29)30/h3-8,10-11,13H,9,12H2,1-2H3,(H2,24,28)/t13-/m1/s1. The number of nitrogens with two attached hydrogens (primary N) is 1. The highest BCUT2D eigenvalue weighted by Gasteiger charge is 2.21. The van der Waals surface area contributed by atoms with E-state index in [2.05, 4.69) is 9.97 Å². The Morgan fingerprint density at radius 1 is 1.27 bits per heavy atom. The maximum Gasteiger partial charge on any atom is 0.229 e. The van der Waals surface area contributed by atoms with Crippen LogP contribution < -0.4 is 10.5 Å². The van der Waals surface area contributed by atoms with Gasteiger partial charge in [-0.1, -0.05) is 35.9 Å². The average molecular weight is 505 g/mol. The summed E-state index contributed by atoms with van der Waals surface area (Å²) >= 11 is 7.57. The fourth-order valence-electron chi connectivity index (χ4n) is 3.42. The molecule has 8 nitrogen and oxygen atoms in total. The number of fused-ring (bicyclic) bond motifs is 1. The number of nitrogens with zero attached hydrogens (tertiary/aromatic N) is 3. The van der Waals surface area contributed by atoms with Crippen LogP contribution in [-0.4, -0.2) is 34.9 Å². The third kappa shape index (κ3) is 5.35. The lowest BCUT2D eigenvalue weighted by Crippen LogP contribution is -2.14. The van der Waals surface area contributed by atoms with Gasteiger partial charge in [0.15, 0.2) is 9.84 Å². The molecule has 3 aromatic heterocycles. The van der Waals surface area contributed by atoms with E-state index in [0.29, 0.717) is 37.7 Å². The number of hydrogen-bond donors (Lipinski definition) is 1. The molecule has 0 aliphatic carbocycles. The summed E-state index contributed by atoms with van der Waals surface area (Å²) in [4.78, 5) is 21.3. The number of ether oxygens (including phenoxy) is 1. The van der Waals surface area contributed by atoms with Crippen LogP contribution in [0.25, 0.3) is 16.3 Å². The van der Waals surface area contributed by atoms with E-state index < -0.39 is 21.8 Å². The van der Waals surface area contributed by atoms with E-state index in [9.17, 15) is 13.2 Å². The number of halogens is 1. The summed E-state index contributed by atoms with van der Waals surface area (Å²) in [6.45, 7) is 1.85. The fourth-order valence-corrected chi connectivity index (χ4v) is 5.49. The molecule has 0 radical (unpaired) electrons. The summed E-state index contributed by atoms with van der Waals surface area (Å²) < 4.78 is 31.3. The van der Waals surface area contributed by atoms with Gasteiger partial charge in [0.2, 0.25) is 11.8 Å². The molecule has 3 heterocycles. The minimum Gasteiger partial charge on any atom is -0.469 e. The van der Waals surface area contributed by atoms with E-state index >= 15 is 0 Å². The Hall–Kier alpha value is -2.95. The average Bonchev–Trinajstić information content (AvgIpc) is 3.30. The molecule has 1 atom stereocenters. The Morgan fingerprint density at radius 3 is 2.73 bits per heavy atom. The molecule has 0 saturated carbocycles. The Bertz CT molecular complexity index is 1450. The number of sulfone groups is 1. The van der Waals surface area contributed by atoms with Gasteiger partial charge in [-0.3, -0.25) is 9.20 Å². The number of imidazole rings is 1. The van der Waals surface area contributed by atoms with Crippen molar-refractivity contribution in [1.82, 2.24) is 14.4 Å². The zero-order chi connectivity index (χ0) is 23.8. The lowest BCUT2D eigenvalue weighted by Gasteiger charge is -2.15. The largest absolute Gasteiger partial charge is 0.469 e. The number of carbonyl (C=O) groups is 1. The number of rotatable bonds is 8. The van der Waals surface area contributed by atoms with Crippen LogP contribution in [-0.2, 0) is 26.8 Å². The molecule has 0 saturated heterocycles. The lowest BCUT2D eigenvalue weighted by atomic mass is 10.1. The molecule has 33 heavy (non-hydrogen) atoms. The Morgan fingerprint density at radius 2 is 2.03 bits per heavy atom. The second kappa shape index (κ2) is 9.12. The predicted molar refractivity (Wildman–Crippen MR) is 128 cm³/mol. The SMILES string of the molecule is C[C@@H](Oc1nc(-c2cnc3ccc(CS(C)(=O)=O)cn23)sc1CC(N)=O)c1ccccc1Cl. The van der Waals surface area contributed by atoms with Gasteiger partial charge >= 0.3 is 0 Å². The monoisotopic (exact) mass is 504 g/mol. The molecule has 4 aromatic rings. The van der Waals surface area contributed by atoms with Crippen LogP contribution >= 0.6 is 22.9 Å². The van der Waals surface area contributed by atoms with Crippen molar-refractivity contribution < 1.29 is 17.9 Å². The third-order valence-electron chi connectivity index (χ3n) is 4.84. The van der Waals surface area contributed by atoms with Crippen molar-refractivity contribution in [1.29, 1.82) is 0 Å². The minimum absolute atomic E-state index is 0.0295. The van der Waals surface area contributed by atoms with E-state index in [1.165, 1.54) is 17.6 Å². The van der Waals surface area contributed by atoms with Gasteiger partial charge in [0.25, 0.3) is 0 Å². The number of thiazole rings is 1. The van der Waals surface area contributed by atoms with Crippen molar-refractivity contribution in [2.45, 2.75) is 25.2 Å². The van der Waals surface area contributed by atoms with Crippen molar-refractivity contribution in [2.75, 3.05) is 6.26 Å². The molecule has 1 amide bonds. The van der Waals surface area contributed by atoms with E-state index in [0.717, 1.165) is 5.56 Å². The van der Waals surface area contributed by atoms with Crippen LogP contribution in [0.1, 0.15) is 29.0 Å². The molecule has 11 heteroatoms. The summed E-state index contributed by atoms with van der Waals surface area (Å²) in [6.07, 6.45) is 4.11. The Labute approximate surface area is 199 Å². The molecule has 0 aliphatic heterocycles. The number of benzene rings is 1. The molecule has 0 aliphatic rings. The molecule has 0 unspecified atom stereocenters. The van der Waals surface area contributed by atoms with Gasteiger partial charge in [0, 0.05) is 23.0 Å². The molecule has 1 aromatic carbocycles. The van der Waals surface area contributed by atoms with Crippen LogP contribution in [0.15, 0.2) is 48.8 Å². The molecule has 0 fully saturated rings. The highest BCUT2D eigenvalue weighted by atomic mass is 35.5. The van der Waals surface area contributed by atoms with Crippen LogP contribution in [0.2, 0.25) is 5.02 Å². The van der Waals surface area contributed by atoms with Gasteiger partial charge in [-0.2, -0.15) is 4.98 Å². The normalized spacial score (nSPS) is 12.7. The van der Waals surface area contributed by atoms with Crippen molar-refractivity contribution in [3.05, 3.63) is 69.8 Å². The molecule has 172 valence electrons. The second-order valence-corrected chi connectivity index (χ2v) is 11.3. The maximum absolute atomic E-state index is 11.7. The van der Waals surface area contributed by atoms with Crippen molar-refractivity contribution in [2.24, 2.45) is 5.73 Å². The quantitative estimate of drug-likeness (QED) is 0.390. The summed E-state index contributed by atoms with van der Waals surface area (Å²) in [5.74, 6) is -0.299. The summed E-state index contributed by atoms with van der Waals surface area (Å²) in [6, 6.07) is 10.8. The van der Waals surface area contributed by atoms with Crippen LogP contribution in [0.5, 0.6) is 5.88 Å². The van der Waals surface area contributed by atoms with E-state index in [1.807, 2.05) is 25.1 Å². The lowest BCUT2D eigenvalue weighted by molar-refractivity contribution is -0.117. The topological polar surface area (TPSA) is 117 Å². The van der Waals surface area contributed by atoms with Gasteiger partial charge in [-0.25, -0.2) is 13.4 Å². The molecule has 4 rings (SSSR count). The highest BCUT2D eigenvalue weighted by molar-refractivity contribution is 7.89. The van der Waals surface area contributed by atoms with Gasteiger partial charge in [-0.05, 0) is 24.6 Å². The first kappa shape index (κ1) is 23.2. The molecule has 2 N–H and O–H groups in total. The molecule has 0 bridgehead atoms. The summed E-state index contributed by atoms with van der Waals surface area (Å²) in [7, 11) is -3.19. The number of pyridine rings is 1. The van der Waals surface area contributed by atoms with Crippen LogP contribution in [0.4, 0.5) is 0 Å². The molecular weight excluding hydrogens is 484 g/mol. The first-order chi connectivity index (χ1) is 15.6. The van der Waals surface area contributed by atoms with Crippen molar-refractivity contribution >= 4 is 44.3 Å².